The van der Waals surface area contributed by atoms with Gasteiger partial charge in [-0.3, -0.25) is 0 Å². The number of nitrogens with one attached hydrogen (secondary N) is 1. The normalized spacial score (nSPS) is 13.3. The van der Waals surface area contributed by atoms with Crippen LogP contribution in [0.5, 0.6) is 0 Å². The fourth-order valence-corrected chi connectivity index (χ4v) is 4.00. The van der Waals surface area contributed by atoms with Crippen LogP contribution in [0.2, 0.25) is 0 Å². The van der Waals surface area contributed by atoms with Crippen LogP contribution in [0.25, 0.3) is 0 Å². The Labute approximate surface area is 129 Å². The molecule has 0 amide bonds. The van der Waals surface area contributed by atoms with E-state index in [-0.39, 0.29) is 10.9 Å². The Morgan fingerprint density at radius 2 is 2.14 bits per heavy atom. The van der Waals surface area contributed by atoms with Crippen LogP contribution in [0.4, 0.5) is 5.69 Å². The summed E-state index contributed by atoms with van der Waals surface area (Å²) in [4.78, 5) is 5.57. The Morgan fingerprint density at radius 1 is 1.43 bits per heavy atom. The number of nitrogen functional groups attached to an aromatic ring is 1. The fraction of sp³-hybridized carbons (Fsp3) is 0.357. The molecule has 1 aromatic carbocycles. The molecule has 0 aliphatic heterocycles. The van der Waals surface area contributed by atoms with Crippen LogP contribution >= 0.6 is 11.3 Å². The van der Waals surface area contributed by atoms with Crippen LogP contribution in [0.1, 0.15) is 35.3 Å². The predicted molar refractivity (Wildman–Crippen MR) is 85.8 cm³/mol. The lowest BCUT2D eigenvalue weighted by atomic mass is 10.2. The Kier molecular flexibility index (Phi) is 4.65. The number of nitrogens with two attached hydrogens (primary N) is 1. The molecular formula is C14H19N3O2S2. The number of hydrogen-bond acceptors (Lipinski definition) is 5. The maximum absolute atomic E-state index is 12.4. The van der Waals surface area contributed by atoms with Gasteiger partial charge in [0, 0.05) is 16.8 Å². The van der Waals surface area contributed by atoms with Crippen molar-refractivity contribution in [2.45, 2.75) is 38.1 Å². The zero-order valence-corrected chi connectivity index (χ0v) is 13.9. The van der Waals surface area contributed by atoms with Crippen molar-refractivity contribution in [3.8, 4) is 0 Å². The van der Waals surface area contributed by atoms with E-state index in [2.05, 4.69) is 9.71 Å². The van der Waals surface area contributed by atoms with E-state index in [4.69, 9.17) is 5.73 Å². The van der Waals surface area contributed by atoms with Crippen molar-refractivity contribution >= 4 is 27.0 Å². The van der Waals surface area contributed by atoms with E-state index < -0.39 is 10.0 Å². The van der Waals surface area contributed by atoms with Crippen molar-refractivity contribution in [2.75, 3.05) is 5.73 Å². The summed E-state index contributed by atoms with van der Waals surface area (Å²) in [5.74, 6) is 0. The molecule has 2 rings (SSSR count). The number of nitrogens with zero attached hydrogens (tertiary/aromatic N) is 1. The SMILES string of the molecule is CCc1cnc(C(C)NS(=O)(=O)c2ccc(C)c(N)c2)s1. The average molecular weight is 325 g/mol. The summed E-state index contributed by atoms with van der Waals surface area (Å²) in [5, 5.41) is 0.760. The quantitative estimate of drug-likeness (QED) is 0.828. The first kappa shape index (κ1) is 15.9. The monoisotopic (exact) mass is 325 g/mol. The Bertz CT molecular complexity index is 738. The summed E-state index contributed by atoms with van der Waals surface area (Å²) in [6.45, 7) is 5.66. The van der Waals surface area contributed by atoms with Gasteiger partial charge in [-0.25, -0.2) is 18.1 Å². The van der Waals surface area contributed by atoms with Gasteiger partial charge in [0.05, 0.1) is 10.9 Å². The number of aromatic nitrogens is 1. The number of sulfonamides is 1. The third-order valence-corrected chi connectivity index (χ3v) is 6.05. The van der Waals surface area contributed by atoms with Gasteiger partial charge in [-0.2, -0.15) is 0 Å². The molecule has 0 aliphatic carbocycles. The van der Waals surface area contributed by atoms with Crippen LogP contribution in [0, 0.1) is 6.92 Å². The maximum Gasteiger partial charge on any atom is 0.241 e. The van der Waals surface area contributed by atoms with Crippen LogP contribution in [-0.2, 0) is 16.4 Å². The van der Waals surface area contributed by atoms with Gasteiger partial charge in [-0.15, -0.1) is 11.3 Å². The topological polar surface area (TPSA) is 85.1 Å². The first-order chi connectivity index (χ1) is 9.83. The van der Waals surface area contributed by atoms with Crippen LogP contribution in [0.3, 0.4) is 0 Å². The molecule has 0 radical (unpaired) electrons. The molecule has 114 valence electrons. The summed E-state index contributed by atoms with van der Waals surface area (Å²) in [6.07, 6.45) is 2.68. The second-order valence-corrected chi connectivity index (χ2v) is 7.74. The highest BCUT2D eigenvalue weighted by Gasteiger charge is 2.20. The number of benzene rings is 1. The highest BCUT2D eigenvalue weighted by atomic mass is 32.2. The molecule has 0 bridgehead atoms. The molecule has 0 fully saturated rings. The number of rotatable bonds is 5. The fourth-order valence-electron chi connectivity index (χ4n) is 1.82. The Morgan fingerprint density at radius 3 is 2.71 bits per heavy atom. The second kappa shape index (κ2) is 6.13. The largest absolute Gasteiger partial charge is 0.398 e. The Hall–Kier alpha value is -1.44. The standard InChI is InChI=1S/C14H19N3O2S2/c1-4-11-8-16-14(20-11)10(3)17-21(18,19)12-6-5-9(2)13(15)7-12/h5-8,10,17H,4,15H2,1-3H3. The van der Waals surface area contributed by atoms with Gasteiger partial charge >= 0.3 is 0 Å². The molecule has 5 nitrogen and oxygen atoms in total. The zero-order chi connectivity index (χ0) is 15.6. The van der Waals surface area contributed by atoms with Crippen LogP contribution in [-0.4, -0.2) is 13.4 Å². The molecule has 1 aromatic heterocycles. The van der Waals surface area contributed by atoms with E-state index in [9.17, 15) is 8.42 Å². The van der Waals surface area contributed by atoms with Gasteiger partial charge in [0.1, 0.15) is 5.01 Å². The van der Waals surface area contributed by atoms with E-state index in [0.717, 1.165) is 21.9 Å². The van der Waals surface area contributed by atoms with Gasteiger partial charge < -0.3 is 5.73 Å². The van der Waals surface area contributed by atoms with Gasteiger partial charge in [-0.05, 0) is 38.0 Å². The predicted octanol–water partition coefficient (Wildman–Crippen LogP) is 2.64. The summed E-state index contributed by atoms with van der Waals surface area (Å²) < 4.78 is 27.4. The van der Waals surface area contributed by atoms with E-state index in [0.29, 0.717) is 5.69 Å². The maximum atomic E-state index is 12.4. The molecule has 0 aliphatic rings. The minimum atomic E-state index is -3.61. The number of hydrogen-bond donors (Lipinski definition) is 2. The number of anilines is 1. The van der Waals surface area contributed by atoms with Crippen molar-refractivity contribution in [3.05, 3.63) is 39.8 Å². The van der Waals surface area contributed by atoms with Gasteiger partial charge in [0.15, 0.2) is 0 Å². The molecule has 1 unspecified atom stereocenters. The smallest absolute Gasteiger partial charge is 0.241 e. The van der Waals surface area contributed by atoms with Crippen molar-refractivity contribution in [3.63, 3.8) is 0 Å². The zero-order valence-electron chi connectivity index (χ0n) is 12.3. The third-order valence-electron chi connectivity index (χ3n) is 3.18. The average Bonchev–Trinajstić information content (AvgIpc) is 2.90. The van der Waals surface area contributed by atoms with E-state index >= 15 is 0 Å². The van der Waals surface area contributed by atoms with E-state index in [1.165, 1.54) is 17.4 Å². The minimum Gasteiger partial charge on any atom is -0.398 e. The first-order valence-corrected chi connectivity index (χ1v) is 8.96. The molecule has 2 aromatic rings. The van der Waals surface area contributed by atoms with Gasteiger partial charge in [-0.1, -0.05) is 13.0 Å². The van der Waals surface area contributed by atoms with Crippen molar-refractivity contribution in [1.29, 1.82) is 0 Å². The minimum absolute atomic E-state index is 0.171. The molecule has 1 heterocycles. The van der Waals surface area contributed by atoms with E-state index in [1.54, 1.807) is 25.3 Å². The molecule has 0 spiro atoms. The lowest BCUT2D eigenvalue weighted by molar-refractivity contribution is 0.566. The first-order valence-electron chi connectivity index (χ1n) is 6.66. The molecule has 21 heavy (non-hydrogen) atoms. The summed E-state index contributed by atoms with van der Waals surface area (Å²) >= 11 is 1.52. The van der Waals surface area contributed by atoms with Crippen molar-refractivity contribution in [1.82, 2.24) is 9.71 Å². The molecular weight excluding hydrogens is 306 g/mol. The highest BCUT2D eigenvalue weighted by Crippen LogP contribution is 2.23. The molecule has 0 saturated heterocycles. The third kappa shape index (κ3) is 3.61. The lowest BCUT2D eigenvalue weighted by Crippen LogP contribution is -2.26. The number of thiazole rings is 1. The summed E-state index contributed by atoms with van der Waals surface area (Å²) in [5.41, 5.74) is 7.10. The van der Waals surface area contributed by atoms with Crippen molar-refractivity contribution in [2.24, 2.45) is 0 Å². The van der Waals surface area contributed by atoms with Gasteiger partial charge in [0.2, 0.25) is 10.0 Å². The van der Waals surface area contributed by atoms with E-state index in [1.807, 2.05) is 13.8 Å². The van der Waals surface area contributed by atoms with Crippen molar-refractivity contribution < 1.29 is 8.42 Å². The lowest BCUT2D eigenvalue weighted by Gasteiger charge is -2.12. The molecule has 0 saturated carbocycles. The second-order valence-electron chi connectivity index (χ2n) is 4.88. The molecule has 7 heteroatoms. The van der Waals surface area contributed by atoms with Crippen LogP contribution in [0.15, 0.2) is 29.3 Å². The number of aryl methyl sites for hydroxylation is 2. The molecule has 3 N–H and O–H groups in total. The molecule has 1 atom stereocenters. The van der Waals surface area contributed by atoms with Crippen LogP contribution < -0.4 is 10.5 Å². The van der Waals surface area contributed by atoms with Gasteiger partial charge in [0.25, 0.3) is 0 Å². The summed E-state index contributed by atoms with van der Waals surface area (Å²) in [7, 11) is -3.61. The Balaban J connectivity index is 2.22. The summed E-state index contributed by atoms with van der Waals surface area (Å²) in [6, 6.07) is 4.36. The highest BCUT2D eigenvalue weighted by molar-refractivity contribution is 7.89.